The summed E-state index contributed by atoms with van der Waals surface area (Å²) >= 11 is 0. The number of rotatable bonds is 4. The number of para-hydroxylation sites is 1. The van der Waals surface area contributed by atoms with E-state index in [4.69, 9.17) is 10.00 Å². The van der Waals surface area contributed by atoms with Gasteiger partial charge in [0.05, 0.1) is 11.5 Å². The fraction of sp³-hybridized carbons (Fsp3) is 0.0714. The lowest BCUT2D eigenvalue weighted by Crippen LogP contribution is -1.95. The summed E-state index contributed by atoms with van der Waals surface area (Å²) in [7, 11) is 0. The number of aliphatic hydroxyl groups is 1. The van der Waals surface area contributed by atoms with Crippen LogP contribution >= 0.6 is 0 Å². The van der Waals surface area contributed by atoms with Gasteiger partial charge in [-0.3, -0.25) is 10.1 Å². The minimum absolute atomic E-state index is 0.0620. The predicted octanol–water partition coefficient (Wildman–Crippen LogP) is 2.75. The first-order chi connectivity index (χ1) is 9.65. The van der Waals surface area contributed by atoms with Crippen LogP contribution in [0.1, 0.15) is 11.1 Å². The van der Waals surface area contributed by atoms with Gasteiger partial charge in [-0.25, -0.2) is 0 Å². The first kappa shape index (κ1) is 13.5. The molecule has 0 amide bonds. The summed E-state index contributed by atoms with van der Waals surface area (Å²) in [5.41, 5.74) is 0.450. The fourth-order valence-corrected chi connectivity index (χ4v) is 1.66. The van der Waals surface area contributed by atoms with Gasteiger partial charge in [0.15, 0.2) is 0 Å². The predicted molar refractivity (Wildman–Crippen MR) is 70.3 cm³/mol. The van der Waals surface area contributed by atoms with Crippen LogP contribution in [0.15, 0.2) is 42.5 Å². The maximum atomic E-state index is 10.7. The van der Waals surface area contributed by atoms with Crippen LogP contribution in [-0.2, 0) is 6.61 Å². The Balaban J connectivity index is 2.39. The molecular weight excluding hydrogens is 260 g/mol. The molecule has 0 unspecified atom stereocenters. The molecule has 6 nitrogen and oxygen atoms in total. The van der Waals surface area contributed by atoms with Crippen LogP contribution in [0.3, 0.4) is 0 Å². The highest BCUT2D eigenvalue weighted by atomic mass is 16.6. The van der Waals surface area contributed by atoms with E-state index in [2.05, 4.69) is 0 Å². The first-order valence-corrected chi connectivity index (χ1v) is 5.71. The molecule has 0 atom stereocenters. The third-order valence-electron chi connectivity index (χ3n) is 2.66. The Morgan fingerprint density at radius 1 is 1.25 bits per heavy atom. The second kappa shape index (κ2) is 5.82. The molecule has 2 aromatic carbocycles. The minimum Gasteiger partial charge on any atom is -0.456 e. The second-order valence-corrected chi connectivity index (χ2v) is 3.92. The van der Waals surface area contributed by atoms with Crippen molar-refractivity contribution in [1.82, 2.24) is 0 Å². The third kappa shape index (κ3) is 2.74. The number of nitriles is 1. The molecule has 1 N–H and O–H groups in total. The number of hydrogen-bond donors (Lipinski definition) is 1. The van der Waals surface area contributed by atoms with E-state index in [0.29, 0.717) is 11.3 Å². The average molecular weight is 270 g/mol. The third-order valence-corrected chi connectivity index (χ3v) is 2.66. The van der Waals surface area contributed by atoms with Crippen LogP contribution in [0.4, 0.5) is 5.69 Å². The summed E-state index contributed by atoms with van der Waals surface area (Å²) in [5, 5.41) is 28.9. The van der Waals surface area contributed by atoms with Gasteiger partial charge in [-0.05, 0) is 12.1 Å². The molecule has 0 fully saturated rings. The molecule has 20 heavy (non-hydrogen) atoms. The molecule has 2 aromatic rings. The maximum absolute atomic E-state index is 10.7. The quantitative estimate of drug-likeness (QED) is 0.680. The van der Waals surface area contributed by atoms with E-state index >= 15 is 0 Å². The van der Waals surface area contributed by atoms with Gasteiger partial charge in [0.25, 0.3) is 5.69 Å². The summed E-state index contributed by atoms with van der Waals surface area (Å²) in [4.78, 5) is 10.1. The highest BCUT2D eigenvalue weighted by Crippen LogP contribution is 2.30. The van der Waals surface area contributed by atoms with Crippen molar-refractivity contribution in [2.75, 3.05) is 0 Å². The van der Waals surface area contributed by atoms with E-state index in [-0.39, 0.29) is 23.6 Å². The molecule has 0 heterocycles. The van der Waals surface area contributed by atoms with Crippen LogP contribution in [0.5, 0.6) is 11.5 Å². The highest BCUT2D eigenvalue weighted by molar-refractivity contribution is 5.52. The van der Waals surface area contributed by atoms with E-state index in [1.165, 1.54) is 12.1 Å². The SMILES string of the molecule is N#Cc1cc([N+](=O)[O-])ccc1Oc1ccccc1CO. The average Bonchev–Trinajstić information content (AvgIpc) is 2.48. The van der Waals surface area contributed by atoms with Gasteiger partial charge in [-0.1, -0.05) is 18.2 Å². The standard InChI is InChI=1S/C14H10N2O4/c15-8-11-7-12(16(18)19)5-6-14(11)20-13-4-2-1-3-10(13)9-17/h1-7,17H,9H2. The van der Waals surface area contributed by atoms with Crippen molar-refractivity contribution in [2.24, 2.45) is 0 Å². The molecule has 0 aliphatic rings. The Bertz CT molecular complexity index is 692. The molecular formula is C14H10N2O4. The number of nitro groups is 1. The number of aliphatic hydroxyl groups excluding tert-OH is 1. The zero-order valence-corrected chi connectivity index (χ0v) is 10.3. The smallest absolute Gasteiger partial charge is 0.271 e. The molecule has 0 radical (unpaired) electrons. The summed E-state index contributed by atoms with van der Waals surface area (Å²) in [6.45, 7) is -0.203. The lowest BCUT2D eigenvalue weighted by atomic mass is 10.2. The van der Waals surface area contributed by atoms with E-state index in [0.717, 1.165) is 6.07 Å². The molecule has 6 heteroatoms. The van der Waals surface area contributed by atoms with Crippen molar-refractivity contribution in [3.8, 4) is 17.6 Å². The molecule has 0 aromatic heterocycles. The van der Waals surface area contributed by atoms with Crippen LogP contribution in [-0.4, -0.2) is 10.0 Å². The van der Waals surface area contributed by atoms with E-state index in [9.17, 15) is 15.2 Å². The number of ether oxygens (including phenoxy) is 1. The number of benzene rings is 2. The molecule has 0 saturated carbocycles. The lowest BCUT2D eigenvalue weighted by molar-refractivity contribution is -0.384. The summed E-state index contributed by atoms with van der Waals surface area (Å²) in [6, 6.07) is 12.4. The number of hydrogen-bond acceptors (Lipinski definition) is 5. The molecule has 0 saturated heterocycles. The van der Waals surface area contributed by atoms with Gasteiger partial charge in [-0.15, -0.1) is 0 Å². The van der Waals surface area contributed by atoms with Crippen molar-refractivity contribution < 1.29 is 14.8 Å². The molecule has 100 valence electrons. The van der Waals surface area contributed by atoms with Crippen LogP contribution in [0.25, 0.3) is 0 Å². The second-order valence-electron chi connectivity index (χ2n) is 3.92. The van der Waals surface area contributed by atoms with Gasteiger partial charge in [0.1, 0.15) is 23.1 Å². The minimum atomic E-state index is -0.577. The fourth-order valence-electron chi connectivity index (χ4n) is 1.66. The Hall–Kier alpha value is -2.91. The Morgan fingerprint density at radius 3 is 2.65 bits per heavy atom. The number of nitro benzene ring substituents is 1. The Morgan fingerprint density at radius 2 is 2.00 bits per heavy atom. The number of nitrogens with zero attached hydrogens (tertiary/aromatic N) is 2. The van der Waals surface area contributed by atoms with Crippen LogP contribution in [0, 0.1) is 21.4 Å². The van der Waals surface area contributed by atoms with Gasteiger partial charge < -0.3 is 9.84 Å². The van der Waals surface area contributed by atoms with Crippen molar-refractivity contribution in [3.63, 3.8) is 0 Å². The zero-order chi connectivity index (χ0) is 14.5. The van der Waals surface area contributed by atoms with E-state index in [1.54, 1.807) is 24.3 Å². The highest BCUT2D eigenvalue weighted by Gasteiger charge is 2.13. The van der Waals surface area contributed by atoms with E-state index in [1.807, 2.05) is 6.07 Å². The lowest BCUT2D eigenvalue weighted by Gasteiger charge is -2.10. The summed E-state index contributed by atoms with van der Waals surface area (Å²) in [6.07, 6.45) is 0. The molecule has 0 aliphatic heterocycles. The van der Waals surface area contributed by atoms with Crippen molar-refractivity contribution in [3.05, 3.63) is 63.7 Å². The Kier molecular flexibility index (Phi) is 3.93. The molecule has 0 spiro atoms. The van der Waals surface area contributed by atoms with Gasteiger partial charge in [0, 0.05) is 17.7 Å². The summed E-state index contributed by atoms with van der Waals surface area (Å²) in [5.74, 6) is 0.611. The van der Waals surface area contributed by atoms with Crippen molar-refractivity contribution in [1.29, 1.82) is 5.26 Å². The number of non-ortho nitro benzene ring substituents is 1. The molecule has 0 bridgehead atoms. The zero-order valence-electron chi connectivity index (χ0n) is 10.3. The summed E-state index contributed by atoms with van der Waals surface area (Å²) < 4.78 is 5.55. The van der Waals surface area contributed by atoms with Crippen molar-refractivity contribution in [2.45, 2.75) is 6.61 Å². The normalized spacial score (nSPS) is 9.80. The first-order valence-electron chi connectivity index (χ1n) is 5.71. The molecule has 2 rings (SSSR count). The van der Waals surface area contributed by atoms with E-state index < -0.39 is 4.92 Å². The van der Waals surface area contributed by atoms with Crippen molar-refractivity contribution >= 4 is 5.69 Å². The molecule has 0 aliphatic carbocycles. The van der Waals surface area contributed by atoms with Crippen LogP contribution in [0.2, 0.25) is 0 Å². The largest absolute Gasteiger partial charge is 0.456 e. The van der Waals surface area contributed by atoms with Gasteiger partial charge >= 0.3 is 0 Å². The van der Waals surface area contributed by atoms with Gasteiger partial charge in [0.2, 0.25) is 0 Å². The van der Waals surface area contributed by atoms with Crippen LogP contribution < -0.4 is 4.74 Å². The topological polar surface area (TPSA) is 96.4 Å². The Labute approximate surface area is 114 Å². The van der Waals surface area contributed by atoms with Gasteiger partial charge in [-0.2, -0.15) is 5.26 Å². The maximum Gasteiger partial charge on any atom is 0.271 e. The monoisotopic (exact) mass is 270 g/mol.